The lowest BCUT2D eigenvalue weighted by Crippen LogP contribution is -2.12. The SMILES string of the molecule is COc1ccc(CCC(=O)Nc2nc(-c3ccccc3OC(F)F)cs2)cc1OC. The lowest BCUT2D eigenvalue weighted by molar-refractivity contribution is -0.116. The van der Waals surface area contributed by atoms with Gasteiger partial charge in [-0.2, -0.15) is 8.78 Å². The number of carbonyl (C=O) groups is 1. The lowest BCUT2D eigenvalue weighted by Gasteiger charge is -2.09. The second-order valence-electron chi connectivity index (χ2n) is 6.15. The third-order valence-electron chi connectivity index (χ3n) is 4.22. The highest BCUT2D eigenvalue weighted by Crippen LogP contribution is 2.33. The number of nitrogens with one attached hydrogen (secondary N) is 1. The summed E-state index contributed by atoms with van der Waals surface area (Å²) in [7, 11) is 3.12. The molecular formula is C21H20F2N2O4S. The van der Waals surface area contributed by atoms with Gasteiger partial charge in [0.1, 0.15) is 5.75 Å². The predicted molar refractivity (Wildman–Crippen MR) is 111 cm³/mol. The first-order valence-electron chi connectivity index (χ1n) is 9.00. The molecule has 0 radical (unpaired) electrons. The molecule has 9 heteroatoms. The van der Waals surface area contributed by atoms with E-state index in [-0.39, 0.29) is 18.1 Å². The molecule has 1 amide bonds. The van der Waals surface area contributed by atoms with Crippen molar-refractivity contribution in [2.24, 2.45) is 0 Å². The molecular weight excluding hydrogens is 414 g/mol. The van der Waals surface area contributed by atoms with Crippen LogP contribution in [0.4, 0.5) is 13.9 Å². The summed E-state index contributed by atoms with van der Waals surface area (Å²) in [6, 6.07) is 11.9. The molecule has 0 unspecified atom stereocenters. The first kappa shape index (κ1) is 21.5. The number of benzene rings is 2. The summed E-state index contributed by atoms with van der Waals surface area (Å²) >= 11 is 1.21. The van der Waals surface area contributed by atoms with Crippen LogP contribution in [0.25, 0.3) is 11.3 Å². The van der Waals surface area contributed by atoms with E-state index in [0.717, 1.165) is 5.56 Å². The minimum atomic E-state index is -2.93. The van der Waals surface area contributed by atoms with Crippen molar-refractivity contribution in [2.75, 3.05) is 19.5 Å². The molecule has 0 atom stereocenters. The van der Waals surface area contributed by atoms with E-state index in [9.17, 15) is 13.6 Å². The van der Waals surface area contributed by atoms with Gasteiger partial charge in [-0.15, -0.1) is 11.3 Å². The lowest BCUT2D eigenvalue weighted by atomic mass is 10.1. The Bertz CT molecular complexity index is 1010. The van der Waals surface area contributed by atoms with Gasteiger partial charge < -0.3 is 19.5 Å². The second-order valence-corrected chi connectivity index (χ2v) is 7.01. The molecule has 0 aliphatic carbocycles. The monoisotopic (exact) mass is 434 g/mol. The normalized spacial score (nSPS) is 10.7. The van der Waals surface area contributed by atoms with Crippen molar-refractivity contribution in [3.05, 3.63) is 53.4 Å². The highest BCUT2D eigenvalue weighted by Gasteiger charge is 2.14. The molecule has 2 aromatic carbocycles. The van der Waals surface area contributed by atoms with Gasteiger partial charge in [-0.05, 0) is 36.2 Å². The average Bonchev–Trinajstić information content (AvgIpc) is 3.20. The number of rotatable bonds is 9. The summed E-state index contributed by atoms with van der Waals surface area (Å²) < 4.78 is 40.2. The van der Waals surface area contributed by atoms with Gasteiger partial charge in [0.2, 0.25) is 5.91 Å². The third-order valence-corrected chi connectivity index (χ3v) is 4.98. The Morgan fingerprint density at radius 3 is 2.60 bits per heavy atom. The zero-order valence-electron chi connectivity index (χ0n) is 16.4. The highest BCUT2D eigenvalue weighted by atomic mass is 32.1. The van der Waals surface area contributed by atoms with Crippen molar-refractivity contribution < 1.29 is 27.8 Å². The van der Waals surface area contributed by atoms with Crippen LogP contribution in [0.5, 0.6) is 17.2 Å². The van der Waals surface area contributed by atoms with Gasteiger partial charge >= 0.3 is 6.61 Å². The Hall–Kier alpha value is -3.20. The predicted octanol–water partition coefficient (Wildman–Crippen LogP) is 5.00. The number of anilines is 1. The van der Waals surface area contributed by atoms with Crippen LogP contribution >= 0.6 is 11.3 Å². The second kappa shape index (κ2) is 10.0. The summed E-state index contributed by atoms with van der Waals surface area (Å²) in [6.07, 6.45) is 0.755. The summed E-state index contributed by atoms with van der Waals surface area (Å²) in [4.78, 5) is 16.6. The van der Waals surface area contributed by atoms with Crippen LogP contribution < -0.4 is 19.5 Å². The maximum absolute atomic E-state index is 12.6. The van der Waals surface area contributed by atoms with Crippen LogP contribution in [0.1, 0.15) is 12.0 Å². The van der Waals surface area contributed by atoms with Gasteiger partial charge in [0.15, 0.2) is 16.6 Å². The number of alkyl halides is 2. The number of para-hydroxylation sites is 1. The van der Waals surface area contributed by atoms with Gasteiger partial charge in [0.25, 0.3) is 0 Å². The van der Waals surface area contributed by atoms with Crippen LogP contribution in [0.15, 0.2) is 47.8 Å². The van der Waals surface area contributed by atoms with Crippen LogP contribution in [0.3, 0.4) is 0 Å². The van der Waals surface area contributed by atoms with Gasteiger partial charge in [0.05, 0.1) is 19.9 Å². The molecule has 6 nitrogen and oxygen atoms in total. The Morgan fingerprint density at radius 1 is 1.10 bits per heavy atom. The van der Waals surface area contributed by atoms with Crippen molar-refractivity contribution in [2.45, 2.75) is 19.5 Å². The van der Waals surface area contributed by atoms with Crippen molar-refractivity contribution in [1.82, 2.24) is 4.98 Å². The molecule has 0 spiro atoms. The van der Waals surface area contributed by atoms with Gasteiger partial charge in [-0.25, -0.2) is 4.98 Å². The Labute approximate surface area is 176 Å². The Kier molecular flexibility index (Phi) is 7.18. The van der Waals surface area contributed by atoms with E-state index in [1.807, 2.05) is 12.1 Å². The number of aromatic nitrogens is 1. The number of halogens is 2. The van der Waals surface area contributed by atoms with Crippen LogP contribution in [-0.2, 0) is 11.2 Å². The van der Waals surface area contributed by atoms with Crippen molar-refractivity contribution in [3.8, 4) is 28.5 Å². The third kappa shape index (κ3) is 5.44. The summed E-state index contributed by atoms with van der Waals surface area (Å²) in [6.45, 7) is -2.93. The molecule has 3 aromatic rings. The first-order valence-corrected chi connectivity index (χ1v) is 9.88. The highest BCUT2D eigenvalue weighted by molar-refractivity contribution is 7.14. The van der Waals surface area contributed by atoms with E-state index in [1.54, 1.807) is 43.9 Å². The zero-order chi connectivity index (χ0) is 21.5. The smallest absolute Gasteiger partial charge is 0.387 e. The van der Waals surface area contributed by atoms with Crippen molar-refractivity contribution in [3.63, 3.8) is 0 Å². The van der Waals surface area contributed by atoms with E-state index in [1.165, 1.54) is 17.4 Å². The molecule has 30 heavy (non-hydrogen) atoms. The number of methoxy groups -OCH3 is 2. The largest absolute Gasteiger partial charge is 0.493 e. The Balaban J connectivity index is 1.62. The number of carbonyl (C=O) groups excluding carboxylic acids is 1. The van der Waals surface area contributed by atoms with Gasteiger partial charge in [-0.1, -0.05) is 18.2 Å². The number of hydrogen-bond donors (Lipinski definition) is 1. The van der Waals surface area contributed by atoms with Crippen molar-refractivity contribution >= 4 is 22.4 Å². The number of hydrogen-bond acceptors (Lipinski definition) is 6. The molecule has 0 saturated heterocycles. The standard InChI is InChI=1S/C21H20F2N2O4S/c1-27-17-9-7-13(11-18(17)28-2)8-10-19(26)25-21-24-15(12-30-21)14-5-3-4-6-16(14)29-20(22)23/h3-7,9,11-12,20H,8,10H2,1-2H3,(H,24,25,26). The summed E-state index contributed by atoms with van der Waals surface area (Å²) in [5.74, 6) is 1.05. The van der Waals surface area contributed by atoms with Gasteiger partial charge in [0, 0.05) is 17.4 Å². The molecule has 1 aromatic heterocycles. The number of ether oxygens (including phenoxy) is 3. The van der Waals surface area contributed by atoms with Crippen molar-refractivity contribution in [1.29, 1.82) is 0 Å². The zero-order valence-corrected chi connectivity index (χ0v) is 17.2. The topological polar surface area (TPSA) is 69.7 Å². The molecule has 1 N–H and O–H groups in total. The number of amides is 1. The molecule has 0 bridgehead atoms. The first-order chi connectivity index (χ1) is 14.5. The maximum atomic E-state index is 12.6. The molecule has 158 valence electrons. The Morgan fingerprint density at radius 2 is 1.87 bits per heavy atom. The van der Waals surface area contributed by atoms with Crippen LogP contribution in [0, 0.1) is 0 Å². The summed E-state index contributed by atoms with van der Waals surface area (Å²) in [5, 5.41) is 4.80. The van der Waals surface area contributed by atoms with E-state index >= 15 is 0 Å². The minimum Gasteiger partial charge on any atom is -0.493 e. The fraction of sp³-hybridized carbons (Fsp3) is 0.238. The molecule has 0 fully saturated rings. The molecule has 0 aliphatic heterocycles. The molecule has 3 rings (SSSR count). The van der Waals surface area contributed by atoms with E-state index in [2.05, 4.69) is 15.0 Å². The molecule has 1 heterocycles. The van der Waals surface area contributed by atoms with E-state index in [0.29, 0.717) is 34.3 Å². The van der Waals surface area contributed by atoms with Crippen LogP contribution in [0.2, 0.25) is 0 Å². The number of nitrogens with zero attached hydrogens (tertiary/aromatic N) is 1. The minimum absolute atomic E-state index is 0.0316. The molecule has 0 aliphatic rings. The fourth-order valence-electron chi connectivity index (χ4n) is 2.81. The van der Waals surface area contributed by atoms with E-state index in [4.69, 9.17) is 9.47 Å². The quantitative estimate of drug-likeness (QED) is 0.513. The fourth-order valence-corrected chi connectivity index (χ4v) is 3.53. The maximum Gasteiger partial charge on any atom is 0.387 e. The molecule has 0 saturated carbocycles. The van der Waals surface area contributed by atoms with Crippen LogP contribution in [-0.4, -0.2) is 31.7 Å². The average molecular weight is 434 g/mol. The summed E-state index contributed by atoms with van der Waals surface area (Å²) in [5.41, 5.74) is 1.81. The van der Waals surface area contributed by atoms with E-state index < -0.39 is 6.61 Å². The number of thiazole rings is 1. The number of aryl methyl sites for hydroxylation is 1. The van der Waals surface area contributed by atoms with Gasteiger partial charge in [-0.3, -0.25) is 4.79 Å².